The molecule has 156 valence electrons. The van der Waals surface area contributed by atoms with Crippen LogP contribution < -0.4 is 10.5 Å². The molecule has 4 rings (SSSR count). The standard InChI is InChI=1S/C19H16FN3O5S2/c1-11(12-4-3-5-13(6-12)27-2)23-15-7-14(20)17(8-16(15)28-19(23)24)30(25,26)9-18-21-10-22-29-18/h3-8,10-11H,9H2,1-2H3. The van der Waals surface area contributed by atoms with Crippen LogP contribution in [-0.2, 0) is 15.6 Å². The van der Waals surface area contributed by atoms with Crippen LogP contribution in [0.15, 0.2) is 56.8 Å². The van der Waals surface area contributed by atoms with Crippen molar-refractivity contribution in [3.63, 3.8) is 0 Å². The van der Waals surface area contributed by atoms with Crippen LogP contribution >= 0.6 is 11.5 Å². The summed E-state index contributed by atoms with van der Waals surface area (Å²) >= 11 is 0.914. The molecule has 0 radical (unpaired) electrons. The number of methoxy groups -OCH3 is 1. The Morgan fingerprint density at radius 1 is 1.30 bits per heavy atom. The van der Waals surface area contributed by atoms with E-state index in [0.717, 1.165) is 29.2 Å². The summed E-state index contributed by atoms with van der Waals surface area (Å²) in [4.78, 5) is 15.8. The average Bonchev–Trinajstić information content (AvgIpc) is 3.33. The van der Waals surface area contributed by atoms with Crippen LogP contribution in [0.4, 0.5) is 4.39 Å². The molecule has 30 heavy (non-hydrogen) atoms. The van der Waals surface area contributed by atoms with Crippen LogP contribution in [0.5, 0.6) is 5.75 Å². The van der Waals surface area contributed by atoms with Gasteiger partial charge in [0.2, 0.25) is 0 Å². The normalized spacial score (nSPS) is 12.9. The number of sulfone groups is 1. The number of benzene rings is 2. The van der Waals surface area contributed by atoms with Gasteiger partial charge in [0.15, 0.2) is 15.4 Å². The molecule has 2 heterocycles. The number of ether oxygens (including phenoxy) is 1. The molecule has 0 aliphatic carbocycles. The van der Waals surface area contributed by atoms with E-state index < -0.39 is 38.1 Å². The summed E-state index contributed by atoms with van der Waals surface area (Å²) in [5, 5.41) is 0.236. The molecular weight excluding hydrogens is 433 g/mol. The molecule has 1 unspecified atom stereocenters. The lowest BCUT2D eigenvalue weighted by Crippen LogP contribution is -2.19. The largest absolute Gasteiger partial charge is 0.497 e. The monoisotopic (exact) mass is 449 g/mol. The number of hydrogen-bond acceptors (Lipinski definition) is 8. The van der Waals surface area contributed by atoms with E-state index in [9.17, 15) is 17.6 Å². The molecule has 1 atom stereocenters. The maximum absolute atomic E-state index is 14.8. The molecule has 0 aliphatic heterocycles. The zero-order valence-electron chi connectivity index (χ0n) is 15.9. The van der Waals surface area contributed by atoms with Crippen molar-refractivity contribution in [2.45, 2.75) is 23.6 Å². The number of rotatable bonds is 6. The Morgan fingerprint density at radius 2 is 2.10 bits per heavy atom. The fourth-order valence-electron chi connectivity index (χ4n) is 3.19. The predicted molar refractivity (Wildman–Crippen MR) is 108 cm³/mol. The SMILES string of the molecule is COc1cccc(C(C)n2c(=O)oc3cc(S(=O)(=O)Cc4ncns4)c(F)cc32)c1. The van der Waals surface area contributed by atoms with Gasteiger partial charge in [-0.05, 0) is 36.2 Å². The minimum atomic E-state index is -4.05. The number of oxazole rings is 1. The van der Waals surface area contributed by atoms with Gasteiger partial charge in [0, 0.05) is 12.1 Å². The van der Waals surface area contributed by atoms with Crippen LogP contribution in [0.3, 0.4) is 0 Å². The zero-order chi connectivity index (χ0) is 21.5. The van der Waals surface area contributed by atoms with Crippen molar-refractivity contribution in [2.24, 2.45) is 0 Å². The topological polar surface area (TPSA) is 104 Å². The molecule has 8 nitrogen and oxygen atoms in total. The second-order valence-electron chi connectivity index (χ2n) is 6.54. The van der Waals surface area contributed by atoms with Crippen molar-refractivity contribution in [2.75, 3.05) is 7.11 Å². The highest BCUT2D eigenvalue weighted by atomic mass is 32.2. The van der Waals surface area contributed by atoms with E-state index in [1.54, 1.807) is 31.2 Å². The van der Waals surface area contributed by atoms with Gasteiger partial charge in [0.25, 0.3) is 0 Å². The molecule has 4 aromatic rings. The number of halogens is 1. The van der Waals surface area contributed by atoms with E-state index in [2.05, 4.69) is 9.36 Å². The highest BCUT2D eigenvalue weighted by Gasteiger charge is 2.26. The Kier molecular flexibility index (Phi) is 5.16. The summed E-state index contributed by atoms with van der Waals surface area (Å²) in [5.74, 6) is -1.58. The average molecular weight is 449 g/mol. The summed E-state index contributed by atoms with van der Waals surface area (Å²) in [7, 11) is -2.52. The Labute approximate surface area is 174 Å². The Morgan fingerprint density at radius 3 is 2.80 bits per heavy atom. The molecule has 0 N–H and O–H groups in total. The van der Waals surface area contributed by atoms with Crippen molar-refractivity contribution in [1.29, 1.82) is 0 Å². The highest BCUT2D eigenvalue weighted by Crippen LogP contribution is 2.29. The van der Waals surface area contributed by atoms with E-state index in [-0.39, 0.29) is 16.1 Å². The minimum Gasteiger partial charge on any atom is -0.497 e. The zero-order valence-corrected chi connectivity index (χ0v) is 17.5. The first kappa shape index (κ1) is 20.2. The van der Waals surface area contributed by atoms with Crippen molar-refractivity contribution < 1.29 is 22.0 Å². The first-order valence-electron chi connectivity index (χ1n) is 8.77. The van der Waals surface area contributed by atoms with Gasteiger partial charge >= 0.3 is 5.76 Å². The van der Waals surface area contributed by atoms with Gasteiger partial charge in [-0.2, -0.15) is 4.37 Å². The highest BCUT2D eigenvalue weighted by molar-refractivity contribution is 7.90. The molecule has 0 aliphatic rings. The van der Waals surface area contributed by atoms with E-state index in [0.29, 0.717) is 5.75 Å². The van der Waals surface area contributed by atoms with Crippen molar-refractivity contribution in [3.8, 4) is 5.75 Å². The maximum Gasteiger partial charge on any atom is 0.420 e. The molecule has 0 saturated carbocycles. The van der Waals surface area contributed by atoms with E-state index in [1.807, 2.05) is 0 Å². The van der Waals surface area contributed by atoms with E-state index in [1.165, 1.54) is 18.0 Å². The van der Waals surface area contributed by atoms with E-state index in [4.69, 9.17) is 9.15 Å². The molecule has 11 heteroatoms. The molecule has 0 spiro atoms. The lowest BCUT2D eigenvalue weighted by molar-refractivity contribution is 0.413. The first-order chi connectivity index (χ1) is 14.3. The maximum atomic E-state index is 14.8. The number of aromatic nitrogens is 3. The van der Waals surface area contributed by atoms with Crippen molar-refractivity contribution in [1.82, 2.24) is 13.9 Å². The summed E-state index contributed by atoms with van der Waals surface area (Å²) < 4.78 is 55.6. The second kappa shape index (κ2) is 7.65. The number of hydrogen-bond donors (Lipinski definition) is 0. The fourth-order valence-corrected chi connectivity index (χ4v) is 5.38. The Hall–Kier alpha value is -3.05. The third-order valence-corrected chi connectivity index (χ3v) is 7.17. The van der Waals surface area contributed by atoms with Gasteiger partial charge in [0.05, 0.1) is 18.7 Å². The number of fused-ring (bicyclic) bond motifs is 1. The van der Waals surface area contributed by atoms with Crippen LogP contribution in [0.2, 0.25) is 0 Å². The molecular formula is C19H16FN3O5S2. The summed E-state index contributed by atoms with van der Waals surface area (Å²) in [5.41, 5.74) is 0.877. The van der Waals surface area contributed by atoms with Gasteiger partial charge in [0.1, 0.15) is 33.6 Å². The quantitative estimate of drug-likeness (QED) is 0.445. The Bertz CT molecular complexity index is 1380. The van der Waals surface area contributed by atoms with Gasteiger partial charge in [-0.3, -0.25) is 4.57 Å². The van der Waals surface area contributed by atoms with Crippen molar-refractivity contribution in [3.05, 3.63) is 69.7 Å². The summed E-state index contributed by atoms with van der Waals surface area (Å²) in [6, 6.07) is 8.64. The number of nitrogens with zero attached hydrogens (tertiary/aromatic N) is 3. The van der Waals surface area contributed by atoms with Gasteiger partial charge in [-0.15, -0.1) is 0 Å². The molecule has 0 amide bonds. The lowest BCUT2D eigenvalue weighted by atomic mass is 10.1. The lowest BCUT2D eigenvalue weighted by Gasteiger charge is -2.14. The molecule has 2 aromatic carbocycles. The molecule has 2 aromatic heterocycles. The summed E-state index contributed by atoms with van der Waals surface area (Å²) in [6.45, 7) is 1.75. The van der Waals surface area contributed by atoms with Gasteiger partial charge < -0.3 is 9.15 Å². The molecule has 0 bridgehead atoms. The minimum absolute atomic E-state index is 0.0213. The summed E-state index contributed by atoms with van der Waals surface area (Å²) in [6.07, 6.45) is 1.23. The smallest absolute Gasteiger partial charge is 0.420 e. The van der Waals surface area contributed by atoms with E-state index >= 15 is 0 Å². The first-order valence-corrected chi connectivity index (χ1v) is 11.2. The van der Waals surface area contributed by atoms with Crippen LogP contribution in [0, 0.1) is 5.82 Å². The third kappa shape index (κ3) is 3.61. The van der Waals surface area contributed by atoms with Gasteiger partial charge in [-0.25, -0.2) is 22.6 Å². The molecule has 0 saturated heterocycles. The van der Waals surface area contributed by atoms with Gasteiger partial charge in [-0.1, -0.05) is 12.1 Å². The van der Waals surface area contributed by atoms with Crippen LogP contribution in [0.25, 0.3) is 11.1 Å². The fraction of sp³-hybridized carbons (Fsp3) is 0.211. The second-order valence-corrected chi connectivity index (χ2v) is 9.36. The Balaban J connectivity index is 1.80. The molecule has 0 fully saturated rings. The van der Waals surface area contributed by atoms with Crippen molar-refractivity contribution >= 4 is 32.5 Å². The third-order valence-electron chi connectivity index (χ3n) is 4.69. The predicted octanol–water partition coefficient (Wildman–Crippen LogP) is 3.18. The van der Waals surface area contributed by atoms with Crippen LogP contribution in [-0.4, -0.2) is 29.5 Å². The van der Waals surface area contributed by atoms with Crippen LogP contribution in [0.1, 0.15) is 23.5 Å².